The van der Waals surface area contributed by atoms with Crippen molar-refractivity contribution in [2.24, 2.45) is 0 Å². The number of carbonyl (C=O) groups excluding carboxylic acids is 1. The Kier molecular flexibility index (Phi) is 4.93. The van der Waals surface area contributed by atoms with E-state index in [-0.39, 0.29) is 5.78 Å². The summed E-state index contributed by atoms with van der Waals surface area (Å²) in [5.41, 5.74) is 0.745. The van der Waals surface area contributed by atoms with Gasteiger partial charge in [-0.25, -0.2) is 0 Å². The number of methoxy groups -OCH3 is 4. The van der Waals surface area contributed by atoms with E-state index in [4.69, 9.17) is 18.9 Å². The largest absolute Gasteiger partial charge is 0.497 e. The second-order valence-corrected chi connectivity index (χ2v) is 5.52. The number of pyridine rings is 1. The van der Waals surface area contributed by atoms with Crippen LogP contribution < -0.4 is 18.9 Å². The molecule has 0 aliphatic heterocycles. The third-order valence-electron chi connectivity index (χ3n) is 4.10. The monoisotopic (exact) mass is 353 g/mol. The highest BCUT2D eigenvalue weighted by Gasteiger charge is 2.18. The zero-order chi connectivity index (χ0) is 18.7. The summed E-state index contributed by atoms with van der Waals surface area (Å²) < 4.78 is 21.2. The maximum Gasteiger partial charge on any atom is 0.212 e. The molecule has 0 aliphatic carbocycles. The fourth-order valence-electron chi connectivity index (χ4n) is 2.76. The van der Waals surface area contributed by atoms with Crippen LogP contribution in [0.3, 0.4) is 0 Å². The van der Waals surface area contributed by atoms with Crippen LogP contribution in [0.4, 0.5) is 0 Å². The van der Waals surface area contributed by atoms with Gasteiger partial charge in [0.15, 0.2) is 11.5 Å². The fourth-order valence-corrected chi connectivity index (χ4v) is 2.76. The molecule has 134 valence electrons. The summed E-state index contributed by atoms with van der Waals surface area (Å²) in [6.07, 6.45) is 1.60. The molecule has 0 fully saturated rings. The summed E-state index contributed by atoms with van der Waals surface area (Å²) in [4.78, 5) is 17.4. The Labute approximate surface area is 151 Å². The SMILES string of the molecule is COc1cc(OC)cc(C(=O)c2nccc3cc(OC)c(OC)cc23)c1. The lowest BCUT2D eigenvalue weighted by molar-refractivity contribution is 0.103. The number of hydrogen-bond donors (Lipinski definition) is 0. The van der Waals surface area contributed by atoms with Crippen molar-refractivity contribution in [1.29, 1.82) is 0 Å². The van der Waals surface area contributed by atoms with Crippen molar-refractivity contribution in [3.63, 3.8) is 0 Å². The molecule has 26 heavy (non-hydrogen) atoms. The number of hydrogen-bond acceptors (Lipinski definition) is 6. The molecule has 0 bridgehead atoms. The van der Waals surface area contributed by atoms with Crippen molar-refractivity contribution in [2.45, 2.75) is 0 Å². The Balaban J connectivity index is 2.17. The maximum atomic E-state index is 13.1. The van der Waals surface area contributed by atoms with Gasteiger partial charge < -0.3 is 18.9 Å². The molecule has 0 aliphatic rings. The van der Waals surface area contributed by atoms with E-state index < -0.39 is 0 Å². The molecule has 0 radical (unpaired) electrons. The van der Waals surface area contributed by atoms with Crippen molar-refractivity contribution in [3.05, 3.63) is 53.9 Å². The number of aromatic nitrogens is 1. The van der Waals surface area contributed by atoms with Crippen LogP contribution in [-0.4, -0.2) is 39.2 Å². The maximum absolute atomic E-state index is 13.1. The van der Waals surface area contributed by atoms with E-state index in [9.17, 15) is 4.79 Å². The molecule has 0 N–H and O–H groups in total. The van der Waals surface area contributed by atoms with Gasteiger partial charge >= 0.3 is 0 Å². The lowest BCUT2D eigenvalue weighted by Crippen LogP contribution is -2.06. The molecule has 6 heteroatoms. The molecule has 0 saturated heterocycles. The van der Waals surface area contributed by atoms with Crippen molar-refractivity contribution in [3.8, 4) is 23.0 Å². The van der Waals surface area contributed by atoms with Gasteiger partial charge in [0, 0.05) is 23.2 Å². The van der Waals surface area contributed by atoms with E-state index in [0.29, 0.717) is 39.6 Å². The van der Waals surface area contributed by atoms with E-state index in [2.05, 4.69) is 4.98 Å². The lowest BCUT2D eigenvalue weighted by Gasteiger charge is -2.12. The average Bonchev–Trinajstić information content (AvgIpc) is 2.70. The van der Waals surface area contributed by atoms with E-state index in [1.807, 2.05) is 12.1 Å². The van der Waals surface area contributed by atoms with Gasteiger partial charge in [0.1, 0.15) is 17.2 Å². The summed E-state index contributed by atoms with van der Waals surface area (Å²) in [6.45, 7) is 0. The molecule has 3 aromatic rings. The Morgan fingerprint density at radius 1 is 0.808 bits per heavy atom. The smallest absolute Gasteiger partial charge is 0.212 e. The van der Waals surface area contributed by atoms with Crippen molar-refractivity contribution in [1.82, 2.24) is 4.98 Å². The van der Waals surface area contributed by atoms with E-state index in [1.165, 1.54) is 14.2 Å². The zero-order valence-electron chi connectivity index (χ0n) is 15.0. The normalized spacial score (nSPS) is 10.5. The molecular formula is C20H19NO5. The molecule has 0 spiro atoms. The Bertz CT molecular complexity index is 946. The molecule has 0 unspecified atom stereocenters. The molecule has 2 aromatic carbocycles. The van der Waals surface area contributed by atoms with Crippen LogP contribution in [0.25, 0.3) is 10.8 Å². The summed E-state index contributed by atoms with van der Waals surface area (Å²) in [6, 6.07) is 10.4. The van der Waals surface area contributed by atoms with Crippen LogP contribution >= 0.6 is 0 Å². The highest BCUT2D eigenvalue weighted by Crippen LogP contribution is 2.34. The van der Waals surface area contributed by atoms with Crippen molar-refractivity contribution < 1.29 is 23.7 Å². The summed E-state index contributed by atoms with van der Waals surface area (Å²) in [7, 11) is 6.20. The first-order chi connectivity index (χ1) is 12.6. The Morgan fingerprint density at radius 2 is 1.42 bits per heavy atom. The highest BCUT2D eigenvalue weighted by atomic mass is 16.5. The van der Waals surface area contributed by atoms with Gasteiger partial charge in [-0.2, -0.15) is 0 Å². The Morgan fingerprint density at radius 3 is 2.00 bits per heavy atom. The first kappa shape index (κ1) is 17.5. The molecular weight excluding hydrogens is 334 g/mol. The second kappa shape index (κ2) is 7.31. The van der Waals surface area contributed by atoms with Gasteiger partial charge in [0.05, 0.1) is 28.4 Å². The van der Waals surface area contributed by atoms with Crippen LogP contribution in [0.5, 0.6) is 23.0 Å². The van der Waals surface area contributed by atoms with E-state index >= 15 is 0 Å². The van der Waals surface area contributed by atoms with Gasteiger partial charge in [-0.15, -0.1) is 0 Å². The van der Waals surface area contributed by atoms with Gasteiger partial charge in [-0.05, 0) is 35.7 Å². The number of nitrogens with zero attached hydrogens (tertiary/aromatic N) is 1. The van der Waals surface area contributed by atoms with Gasteiger partial charge in [-0.1, -0.05) is 0 Å². The van der Waals surface area contributed by atoms with Crippen LogP contribution in [-0.2, 0) is 0 Å². The number of ketones is 1. The number of carbonyl (C=O) groups is 1. The van der Waals surface area contributed by atoms with Crippen LogP contribution in [0.1, 0.15) is 16.1 Å². The summed E-state index contributed by atoms with van der Waals surface area (Å²) >= 11 is 0. The number of ether oxygens (including phenoxy) is 4. The molecule has 0 amide bonds. The highest BCUT2D eigenvalue weighted by molar-refractivity contribution is 6.15. The topological polar surface area (TPSA) is 66.9 Å². The van der Waals surface area contributed by atoms with Gasteiger partial charge in [0.25, 0.3) is 0 Å². The predicted molar refractivity (Wildman–Crippen MR) is 97.8 cm³/mol. The molecule has 1 aromatic heterocycles. The van der Waals surface area contributed by atoms with E-state index in [1.54, 1.807) is 44.7 Å². The van der Waals surface area contributed by atoms with Gasteiger partial charge in [-0.3, -0.25) is 9.78 Å². The minimum Gasteiger partial charge on any atom is -0.497 e. The molecule has 0 saturated carbocycles. The predicted octanol–water partition coefficient (Wildman–Crippen LogP) is 3.50. The summed E-state index contributed by atoms with van der Waals surface area (Å²) in [5, 5.41) is 1.51. The van der Waals surface area contributed by atoms with Crippen LogP contribution in [0.2, 0.25) is 0 Å². The third kappa shape index (κ3) is 3.13. The van der Waals surface area contributed by atoms with Crippen LogP contribution in [0, 0.1) is 0 Å². The molecule has 6 nitrogen and oxygen atoms in total. The number of fused-ring (bicyclic) bond motifs is 1. The first-order valence-electron chi connectivity index (χ1n) is 7.89. The minimum atomic E-state index is -0.236. The standard InChI is InChI=1S/C20H19NO5/c1-23-14-7-13(8-15(10-14)24-2)20(22)19-16-11-18(26-4)17(25-3)9-12(16)5-6-21-19/h5-11H,1-4H3. The summed E-state index contributed by atoms with van der Waals surface area (Å²) in [5.74, 6) is 1.96. The average molecular weight is 353 g/mol. The zero-order valence-corrected chi connectivity index (χ0v) is 15.0. The van der Waals surface area contributed by atoms with Crippen molar-refractivity contribution in [2.75, 3.05) is 28.4 Å². The van der Waals surface area contributed by atoms with Crippen LogP contribution in [0.15, 0.2) is 42.6 Å². The third-order valence-corrected chi connectivity index (χ3v) is 4.10. The quantitative estimate of drug-likeness (QED) is 0.632. The lowest BCUT2D eigenvalue weighted by atomic mass is 10.0. The molecule has 0 atom stereocenters. The molecule has 1 heterocycles. The van der Waals surface area contributed by atoms with E-state index in [0.717, 1.165) is 5.39 Å². The minimum absolute atomic E-state index is 0.236. The second-order valence-electron chi connectivity index (χ2n) is 5.52. The fraction of sp³-hybridized carbons (Fsp3) is 0.200. The first-order valence-corrected chi connectivity index (χ1v) is 7.89. The molecule has 3 rings (SSSR count). The number of benzene rings is 2. The van der Waals surface area contributed by atoms with Gasteiger partial charge in [0.2, 0.25) is 5.78 Å². The van der Waals surface area contributed by atoms with Crippen molar-refractivity contribution >= 4 is 16.6 Å². The number of rotatable bonds is 6. The Hall–Kier alpha value is -3.28.